The number of hydrogen-bond donors (Lipinski definition) is 2. The van der Waals surface area contributed by atoms with Gasteiger partial charge in [-0.2, -0.15) is 11.8 Å². The first-order valence-corrected chi connectivity index (χ1v) is 5.75. The third-order valence-corrected chi connectivity index (χ3v) is 3.08. The lowest BCUT2D eigenvalue weighted by atomic mass is 9.87. The average molecular weight is 204 g/mol. The average Bonchev–Trinajstić information content (AvgIpc) is 2.11. The first-order chi connectivity index (χ1) is 6.04. The van der Waals surface area contributed by atoms with Crippen LogP contribution in [0.25, 0.3) is 0 Å². The molecule has 4 heteroatoms. The molecule has 0 aromatic carbocycles. The van der Waals surface area contributed by atoms with E-state index in [9.17, 15) is 0 Å². The molecule has 0 saturated carbocycles. The summed E-state index contributed by atoms with van der Waals surface area (Å²) in [7, 11) is 0. The van der Waals surface area contributed by atoms with E-state index < -0.39 is 0 Å². The number of nitrogens with two attached hydrogens (primary N) is 1. The van der Waals surface area contributed by atoms with Crippen LogP contribution in [0, 0.1) is 5.41 Å². The van der Waals surface area contributed by atoms with E-state index >= 15 is 0 Å². The molecule has 3 nitrogen and oxygen atoms in total. The van der Waals surface area contributed by atoms with Gasteiger partial charge in [0.2, 0.25) is 0 Å². The van der Waals surface area contributed by atoms with E-state index in [1.807, 2.05) is 25.6 Å². The standard InChI is InChI=1S/C9H20N2OS/c1-4-13-7-5-6-9(2,3)8(10)11-12/h12H,4-7H2,1-3H3,(H2,10,11). The summed E-state index contributed by atoms with van der Waals surface area (Å²) in [5.74, 6) is 2.64. The van der Waals surface area contributed by atoms with Gasteiger partial charge in [-0.3, -0.25) is 0 Å². The Morgan fingerprint density at radius 2 is 2.15 bits per heavy atom. The monoisotopic (exact) mass is 204 g/mol. The zero-order chi connectivity index (χ0) is 10.3. The molecule has 0 saturated heterocycles. The van der Waals surface area contributed by atoms with Gasteiger partial charge < -0.3 is 10.9 Å². The van der Waals surface area contributed by atoms with Gasteiger partial charge in [0.1, 0.15) is 5.84 Å². The van der Waals surface area contributed by atoms with Crippen LogP contribution in [-0.2, 0) is 0 Å². The second-order valence-electron chi connectivity index (χ2n) is 3.67. The predicted molar refractivity (Wildman–Crippen MR) is 59.4 cm³/mol. The first kappa shape index (κ1) is 12.6. The minimum absolute atomic E-state index is 0.178. The summed E-state index contributed by atoms with van der Waals surface area (Å²) in [6.07, 6.45) is 2.08. The van der Waals surface area contributed by atoms with Crippen molar-refractivity contribution in [3.05, 3.63) is 0 Å². The van der Waals surface area contributed by atoms with Crippen molar-refractivity contribution in [2.24, 2.45) is 16.3 Å². The minimum atomic E-state index is -0.178. The third kappa shape index (κ3) is 5.03. The maximum absolute atomic E-state index is 8.53. The van der Waals surface area contributed by atoms with Gasteiger partial charge in [-0.15, -0.1) is 0 Å². The molecule has 0 radical (unpaired) electrons. The van der Waals surface area contributed by atoms with Crippen molar-refractivity contribution in [1.29, 1.82) is 0 Å². The van der Waals surface area contributed by atoms with Crippen LogP contribution in [0.4, 0.5) is 0 Å². The molecule has 3 N–H and O–H groups in total. The summed E-state index contributed by atoms with van der Waals surface area (Å²) in [6.45, 7) is 6.15. The van der Waals surface area contributed by atoms with Crippen molar-refractivity contribution >= 4 is 17.6 Å². The van der Waals surface area contributed by atoms with Crippen molar-refractivity contribution in [2.45, 2.75) is 33.6 Å². The number of rotatable bonds is 6. The second kappa shape index (κ2) is 6.13. The molecular formula is C9H20N2OS. The molecule has 0 spiro atoms. The molecule has 0 bridgehead atoms. The Labute approximate surface area is 84.8 Å². The lowest BCUT2D eigenvalue weighted by molar-refractivity contribution is 0.305. The van der Waals surface area contributed by atoms with Crippen LogP contribution < -0.4 is 5.73 Å². The van der Waals surface area contributed by atoms with E-state index in [1.165, 1.54) is 0 Å². The lowest BCUT2D eigenvalue weighted by Gasteiger charge is -2.22. The fraction of sp³-hybridized carbons (Fsp3) is 0.889. The third-order valence-electron chi connectivity index (χ3n) is 2.10. The SMILES string of the molecule is CCSCCCC(C)(C)C(N)=NO. The van der Waals surface area contributed by atoms with Crippen molar-refractivity contribution in [3.63, 3.8) is 0 Å². The Hall–Kier alpha value is -0.380. The van der Waals surface area contributed by atoms with Crippen LogP contribution in [0.2, 0.25) is 0 Å². The van der Waals surface area contributed by atoms with E-state index in [2.05, 4.69) is 12.1 Å². The number of amidine groups is 1. The van der Waals surface area contributed by atoms with Crippen molar-refractivity contribution < 1.29 is 5.21 Å². The molecule has 0 unspecified atom stereocenters. The smallest absolute Gasteiger partial charge is 0.144 e. The van der Waals surface area contributed by atoms with Crippen molar-refractivity contribution in [3.8, 4) is 0 Å². The summed E-state index contributed by atoms with van der Waals surface area (Å²) in [4.78, 5) is 0. The highest BCUT2D eigenvalue weighted by molar-refractivity contribution is 7.99. The lowest BCUT2D eigenvalue weighted by Crippen LogP contribution is -2.31. The Balaban J connectivity index is 3.76. The molecule has 0 aliphatic carbocycles. The molecule has 0 aliphatic heterocycles. The highest BCUT2D eigenvalue weighted by Crippen LogP contribution is 2.23. The molecule has 0 amide bonds. The molecular weight excluding hydrogens is 184 g/mol. The first-order valence-electron chi connectivity index (χ1n) is 4.60. The maximum Gasteiger partial charge on any atom is 0.144 e. The zero-order valence-electron chi connectivity index (χ0n) is 8.71. The zero-order valence-corrected chi connectivity index (χ0v) is 9.52. The number of hydrogen-bond acceptors (Lipinski definition) is 3. The van der Waals surface area contributed by atoms with Crippen LogP contribution in [0.15, 0.2) is 5.16 Å². The molecule has 0 atom stereocenters. The quantitative estimate of drug-likeness (QED) is 0.229. The van der Waals surface area contributed by atoms with Gasteiger partial charge in [0.05, 0.1) is 0 Å². The Morgan fingerprint density at radius 1 is 1.54 bits per heavy atom. The normalized spacial score (nSPS) is 13.3. The van der Waals surface area contributed by atoms with Gasteiger partial charge in [0.25, 0.3) is 0 Å². The van der Waals surface area contributed by atoms with Crippen LogP contribution in [0.3, 0.4) is 0 Å². The summed E-state index contributed by atoms with van der Waals surface area (Å²) in [5.41, 5.74) is 5.38. The van der Waals surface area contributed by atoms with Gasteiger partial charge >= 0.3 is 0 Å². The van der Waals surface area contributed by atoms with Crippen molar-refractivity contribution in [1.82, 2.24) is 0 Å². The van der Waals surface area contributed by atoms with Crippen LogP contribution in [0.1, 0.15) is 33.6 Å². The fourth-order valence-electron chi connectivity index (χ4n) is 1.02. The van der Waals surface area contributed by atoms with Gasteiger partial charge in [0.15, 0.2) is 0 Å². The summed E-state index contributed by atoms with van der Waals surface area (Å²) in [6, 6.07) is 0. The van der Waals surface area contributed by atoms with Gasteiger partial charge in [0, 0.05) is 5.41 Å². The topological polar surface area (TPSA) is 58.6 Å². The molecule has 0 aromatic heterocycles. The number of thioether (sulfide) groups is 1. The molecule has 0 fully saturated rings. The molecule has 78 valence electrons. The molecule has 0 heterocycles. The van der Waals surface area contributed by atoms with Gasteiger partial charge in [-0.1, -0.05) is 25.9 Å². The van der Waals surface area contributed by atoms with E-state index in [-0.39, 0.29) is 5.41 Å². The highest BCUT2D eigenvalue weighted by atomic mass is 32.2. The van der Waals surface area contributed by atoms with Gasteiger partial charge in [-0.05, 0) is 24.3 Å². The van der Waals surface area contributed by atoms with E-state index in [4.69, 9.17) is 10.9 Å². The second-order valence-corrected chi connectivity index (χ2v) is 5.06. The van der Waals surface area contributed by atoms with Crippen LogP contribution in [-0.4, -0.2) is 22.5 Å². The summed E-state index contributed by atoms with van der Waals surface area (Å²) >= 11 is 1.92. The minimum Gasteiger partial charge on any atom is -0.409 e. The Kier molecular flexibility index (Phi) is 5.95. The maximum atomic E-state index is 8.53. The fourth-order valence-corrected chi connectivity index (χ4v) is 1.66. The van der Waals surface area contributed by atoms with Gasteiger partial charge in [-0.25, -0.2) is 0 Å². The molecule has 0 aliphatic rings. The van der Waals surface area contributed by atoms with E-state index in [0.29, 0.717) is 5.84 Å². The van der Waals surface area contributed by atoms with Crippen LogP contribution >= 0.6 is 11.8 Å². The molecule has 0 aromatic rings. The van der Waals surface area contributed by atoms with Crippen LogP contribution in [0.5, 0.6) is 0 Å². The summed E-state index contributed by atoms with van der Waals surface area (Å²) in [5, 5.41) is 11.6. The summed E-state index contributed by atoms with van der Waals surface area (Å²) < 4.78 is 0. The largest absolute Gasteiger partial charge is 0.409 e. The number of oxime groups is 1. The Morgan fingerprint density at radius 3 is 2.62 bits per heavy atom. The van der Waals surface area contributed by atoms with E-state index in [0.717, 1.165) is 24.3 Å². The Bertz CT molecular complexity index is 169. The predicted octanol–water partition coefficient (Wildman–Crippen LogP) is 2.29. The molecule has 13 heavy (non-hydrogen) atoms. The van der Waals surface area contributed by atoms with E-state index in [1.54, 1.807) is 0 Å². The highest BCUT2D eigenvalue weighted by Gasteiger charge is 2.22. The number of nitrogens with zero attached hydrogens (tertiary/aromatic N) is 1. The van der Waals surface area contributed by atoms with Crippen molar-refractivity contribution in [2.75, 3.05) is 11.5 Å². The molecule has 0 rings (SSSR count).